The maximum absolute atomic E-state index is 12.6. The highest BCUT2D eigenvalue weighted by Crippen LogP contribution is 2.64. The minimum Gasteiger partial charge on any atom is -0.481 e. The Hall–Kier alpha value is -3.73. The third-order valence-corrected chi connectivity index (χ3v) is 11.7. The maximum atomic E-state index is 12.6. The van der Waals surface area contributed by atoms with E-state index in [0.29, 0.717) is 37.4 Å². The van der Waals surface area contributed by atoms with Gasteiger partial charge in [0.25, 0.3) is 0 Å². The molecule has 0 saturated carbocycles. The Morgan fingerprint density at radius 1 is 0.932 bits per heavy atom. The Bertz CT molecular complexity index is 1610. The topological polar surface area (TPSA) is 164 Å². The molecule has 0 radical (unpaired) electrons. The van der Waals surface area contributed by atoms with Crippen LogP contribution >= 0.6 is 11.8 Å². The monoisotopic (exact) mass is 622 g/mol. The predicted molar refractivity (Wildman–Crippen MR) is 169 cm³/mol. The van der Waals surface area contributed by atoms with Gasteiger partial charge in [-0.25, -0.2) is 0 Å². The Kier molecular flexibility index (Phi) is 8.63. The van der Waals surface area contributed by atoms with Crippen molar-refractivity contribution in [3.8, 4) is 0 Å². The molecule has 3 aliphatic heterocycles. The molecule has 0 aliphatic carbocycles. The molecular weight excluding hydrogens is 580 g/mol. The first-order valence-electron chi connectivity index (χ1n) is 15.3. The number of aliphatic carboxylic acids is 2. The van der Waals surface area contributed by atoms with Crippen LogP contribution in [0.1, 0.15) is 92.0 Å². The normalized spacial score (nSPS) is 25.3. The largest absolute Gasteiger partial charge is 0.481 e. The lowest BCUT2D eigenvalue weighted by molar-refractivity contribution is -0.138. The summed E-state index contributed by atoms with van der Waals surface area (Å²) in [7, 11) is 0. The zero-order valence-electron chi connectivity index (χ0n) is 26.2. The summed E-state index contributed by atoms with van der Waals surface area (Å²) in [6.45, 7) is 12.0. The maximum Gasteiger partial charge on any atom is 0.303 e. The van der Waals surface area contributed by atoms with Crippen molar-refractivity contribution in [1.29, 1.82) is 0 Å². The van der Waals surface area contributed by atoms with Crippen molar-refractivity contribution in [3.63, 3.8) is 0 Å². The van der Waals surface area contributed by atoms with Crippen LogP contribution in [-0.2, 0) is 44.9 Å². The van der Waals surface area contributed by atoms with Gasteiger partial charge in [0.2, 0.25) is 11.8 Å². The molecule has 10 nitrogen and oxygen atoms in total. The van der Waals surface area contributed by atoms with E-state index in [0.717, 1.165) is 61.9 Å². The lowest BCUT2D eigenvalue weighted by Gasteiger charge is -2.12. The van der Waals surface area contributed by atoms with Crippen LogP contribution in [0.5, 0.6) is 0 Å². The van der Waals surface area contributed by atoms with Crippen molar-refractivity contribution in [2.45, 2.75) is 103 Å². The molecule has 0 bridgehead atoms. The quantitative estimate of drug-likeness (QED) is 0.192. The van der Waals surface area contributed by atoms with E-state index in [2.05, 4.69) is 27.5 Å². The van der Waals surface area contributed by atoms with E-state index in [9.17, 15) is 29.4 Å². The first-order valence-corrected chi connectivity index (χ1v) is 16.2. The fraction of sp³-hybridized carbons (Fsp3) is 0.515. The number of amides is 2. The van der Waals surface area contributed by atoms with Gasteiger partial charge in [0.15, 0.2) is 0 Å². The number of hydrogen-bond donors (Lipinski definition) is 6. The number of aromatic nitrogens is 2. The number of carbonyl (C=O) groups is 4. The van der Waals surface area contributed by atoms with E-state index in [4.69, 9.17) is 0 Å². The molecule has 5 heterocycles. The number of H-pyrrole nitrogens is 2. The molecule has 236 valence electrons. The van der Waals surface area contributed by atoms with Gasteiger partial charge in [0, 0.05) is 65.0 Å². The van der Waals surface area contributed by atoms with Gasteiger partial charge in [-0.2, -0.15) is 0 Å². The van der Waals surface area contributed by atoms with E-state index in [1.54, 1.807) is 11.8 Å². The summed E-state index contributed by atoms with van der Waals surface area (Å²) in [5, 5.41) is 25.5. The van der Waals surface area contributed by atoms with Crippen LogP contribution in [0.15, 0.2) is 16.8 Å². The van der Waals surface area contributed by atoms with E-state index in [1.807, 2.05) is 40.7 Å². The number of hydrogen-bond acceptors (Lipinski definition) is 5. The summed E-state index contributed by atoms with van der Waals surface area (Å²) in [6.07, 6.45) is 4.30. The van der Waals surface area contributed by atoms with E-state index in [1.165, 1.54) is 0 Å². The molecule has 2 saturated heterocycles. The van der Waals surface area contributed by atoms with E-state index < -0.39 is 11.9 Å². The second kappa shape index (κ2) is 12.0. The van der Waals surface area contributed by atoms with Gasteiger partial charge in [0.05, 0.1) is 16.7 Å². The molecule has 2 aromatic rings. The average Bonchev–Trinajstić information content (AvgIpc) is 3.13. The van der Waals surface area contributed by atoms with Crippen LogP contribution in [0.3, 0.4) is 0 Å². The van der Waals surface area contributed by atoms with Gasteiger partial charge in [0.1, 0.15) is 0 Å². The number of nitrogens with one attached hydrogen (secondary N) is 4. The zero-order chi connectivity index (χ0) is 32.1. The fourth-order valence-corrected chi connectivity index (χ4v) is 8.49. The van der Waals surface area contributed by atoms with Crippen LogP contribution in [0, 0.1) is 19.8 Å². The summed E-state index contributed by atoms with van der Waals surface area (Å²) in [5.41, 5.74) is 10.0. The molecular formula is C33H42N4O6S. The number of carbonyl (C=O) groups excluding carboxylic acids is 2. The van der Waals surface area contributed by atoms with Crippen LogP contribution in [0.2, 0.25) is 0 Å². The van der Waals surface area contributed by atoms with Gasteiger partial charge < -0.3 is 30.8 Å². The van der Waals surface area contributed by atoms with Crippen molar-refractivity contribution in [2.24, 2.45) is 5.92 Å². The van der Waals surface area contributed by atoms with E-state index in [-0.39, 0.29) is 41.4 Å². The summed E-state index contributed by atoms with van der Waals surface area (Å²) in [4.78, 5) is 55.4. The van der Waals surface area contributed by atoms with Gasteiger partial charge >= 0.3 is 11.9 Å². The number of carboxylic acids is 2. The SMILES string of the molecule is CCC1=C(C)[C@@H](Cc2[nH]c(Cc3[nH]c(/C=C4\NC(=O)[C@H](C)[C@@]45S[C@H]5C)c(C)c3CCC(=O)O)c(CCC(=O)O)c2C)NC1=O. The molecule has 6 N–H and O–H groups in total. The molecule has 11 heteroatoms. The molecule has 0 aromatic carbocycles. The molecule has 1 spiro atoms. The zero-order valence-corrected chi connectivity index (χ0v) is 27.0. The lowest BCUT2D eigenvalue weighted by atomic mass is 9.91. The highest BCUT2D eigenvalue weighted by atomic mass is 32.2. The number of aromatic amines is 2. The Labute approximate surface area is 261 Å². The van der Waals surface area contributed by atoms with Gasteiger partial charge in [-0.15, -0.1) is 11.8 Å². The Morgan fingerprint density at radius 3 is 2.07 bits per heavy atom. The minimum atomic E-state index is -0.885. The molecule has 2 amide bonds. The molecule has 2 fully saturated rings. The fourth-order valence-electron chi connectivity index (χ4n) is 7.09. The standard InChI is InChI=1S/C33H42N4O6S/c1-7-20-15(2)24(36-32(20)43)12-23-16(3)21(8-10-29(38)39)26(34-23)13-27-22(9-11-30(40)41)17(4)25(35-27)14-28-33(19(6)44-33)18(5)31(42)37-28/h14,18-19,24,34-35H,7-13H2,1-6H3,(H,36,43)(H,37,42)(H,38,39)(H,40,41)/b28-14-/t18-,19-,24+,33-/m0/s1. The van der Waals surface area contributed by atoms with Crippen molar-refractivity contribution in [2.75, 3.05) is 0 Å². The first kappa shape index (κ1) is 31.7. The molecule has 2 aromatic heterocycles. The highest BCUT2D eigenvalue weighted by molar-refractivity contribution is 8.09. The third kappa shape index (κ3) is 5.62. The summed E-state index contributed by atoms with van der Waals surface area (Å²) < 4.78 is -0.259. The second-order valence-electron chi connectivity index (χ2n) is 12.3. The van der Waals surface area contributed by atoms with Crippen molar-refractivity contribution >= 4 is 41.6 Å². The summed E-state index contributed by atoms with van der Waals surface area (Å²) in [6, 6.07) is -0.133. The predicted octanol–water partition coefficient (Wildman–Crippen LogP) is 4.33. The number of carboxylic acid groups (broad SMARTS) is 2. The Morgan fingerprint density at radius 2 is 1.52 bits per heavy atom. The summed E-state index contributed by atoms with van der Waals surface area (Å²) >= 11 is 1.78. The van der Waals surface area contributed by atoms with Crippen molar-refractivity contribution < 1.29 is 29.4 Å². The highest BCUT2D eigenvalue weighted by Gasteiger charge is 2.65. The summed E-state index contributed by atoms with van der Waals surface area (Å²) in [5.74, 6) is -1.93. The lowest BCUT2D eigenvalue weighted by Crippen LogP contribution is -2.30. The van der Waals surface area contributed by atoms with Crippen molar-refractivity contribution in [1.82, 2.24) is 20.6 Å². The van der Waals surface area contributed by atoms with Crippen molar-refractivity contribution in [3.05, 3.63) is 61.9 Å². The number of thioether (sulfide) groups is 1. The second-order valence-corrected chi connectivity index (χ2v) is 14.0. The Balaban J connectivity index is 1.52. The molecule has 0 unspecified atom stereocenters. The molecule has 44 heavy (non-hydrogen) atoms. The first-order chi connectivity index (χ1) is 20.8. The smallest absolute Gasteiger partial charge is 0.303 e. The van der Waals surface area contributed by atoms with Gasteiger partial charge in [-0.05, 0) is 73.9 Å². The molecule has 4 atom stereocenters. The van der Waals surface area contributed by atoms with Gasteiger partial charge in [-0.1, -0.05) is 20.8 Å². The average molecular weight is 623 g/mol. The third-order valence-electron chi connectivity index (χ3n) is 9.87. The van der Waals surface area contributed by atoms with Crippen LogP contribution in [0.25, 0.3) is 6.08 Å². The van der Waals surface area contributed by atoms with E-state index >= 15 is 0 Å². The minimum absolute atomic E-state index is 0.00990. The number of rotatable bonds is 12. The molecule has 3 aliphatic rings. The molecule has 5 rings (SSSR count). The van der Waals surface area contributed by atoms with Gasteiger partial charge in [-0.3, -0.25) is 19.2 Å². The van der Waals surface area contributed by atoms with Crippen LogP contribution < -0.4 is 10.6 Å². The van der Waals surface area contributed by atoms with Crippen LogP contribution in [0.4, 0.5) is 0 Å². The van der Waals surface area contributed by atoms with Crippen LogP contribution in [-0.4, -0.2) is 60.0 Å².